The van der Waals surface area contributed by atoms with Gasteiger partial charge in [-0.3, -0.25) is 0 Å². The van der Waals surface area contributed by atoms with Gasteiger partial charge in [-0.15, -0.1) is 0 Å². The zero-order chi connectivity index (χ0) is 15.6. The van der Waals surface area contributed by atoms with Crippen LogP contribution in [0, 0.1) is 5.82 Å². The van der Waals surface area contributed by atoms with E-state index in [0.717, 1.165) is 10.0 Å². The molecule has 2 aromatic carbocycles. The Labute approximate surface area is 135 Å². The van der Waals surface area contributed by atoms with Gasteiger partial charge in [0.1, 0.15) is 5.82 Å². The van der Waals surface area contributed by atoms with Crippen LogP contribution in [0.1, 0.15) is 17.2 Å². The van der Waals surface area contributed by atoms with Crippen molar-refractivity contribution in [3.63, 3.8) is 0 Å². The number of halogens is 3. The van der Waals surface area contributed by atoms with Crippen molar-refractivity contribution in [3.05, 3.63) is 56.8 Å². The molecule has 0 saturated carbocycles. The largest absolute Gasteiger partial charge is 0.493 e. The van der Waals surface area contributed by atoms with Gasteiger partial charge in [0.2, 0.25) is 0 Å². The second-order valence-corrected chi connectivity index (χ2v) is 5.64. The average Bonchev–Trinajstić information content (AvgIpc) is 2.49. The van der Waals surface area contributed by atoms with Crippen molar-refractivity contribution in [2.24, 2.45) is 5.73 Å². The Morgan fingerprint density at radius 2 is 1.76 bits per heavy atom. The molecule has 0 amide bonds. The highest BCUT2D eigenvalue weighted by Gasteiger charge is 2.17. The molecule has 6 heteroatoms. The van der Waals surface area contributed by atoms with Crippen LogP contribution >= 0.6 is 27.5 Å². The van der Waals surface area contributed by atoms with Crippen molar-refractivity contribution in [1.82, 2.24) is 0 Å². The summed E-state index contributed by atoms with van der Waals surface area (Å²) in [5, 5.41) is 0.0670. The molecule has 0 spiro atoms. The monoisotopic (exact) mass is 373 g/mol. The third kappa shape index (κ3) is 3.31. The van der Waals surface area contributed by atoms with E-state index in [1.807, 2.05) is 0 Å². The van der Waals surface area contributed by atoms with Gasteiger partial charge in [-0.25, -0.2) is 4.39 Å². The van der Waals surface area contributed by atoms with Crippen LogP contribution < -0.4 is 15.2 Å². The number of rotatable bonds is 4. The third-order valence-electron chi connectivity index (χ3n) is 3.14. The van der Waals surface area contributed by atoms with E-state index in [1.54, 1.807) is 32.4 Å². The first-order chi connectivity index (χ1) is 9.97. The number of methoxy groups -OCH3 is 2. The van der Waals surface area contributed by atoms with Crippen molar-refractivity contribution in [1.29, 1.82) is 0 Å². The summed E-state index contributed by atoms with van der Waals surface area (Å²) < 4.78 is 24.8. The zero-order valence-electron chi connectivity index (χ0n) is 11.5. The van der Waals surface area contributed by atoms with Gasteiger partial charge in [-0.1, -0.05) is 33.6 Å². The molecule has 0 radical (unpaired) electrons. The maximum absolute atomic E-state index is 13.6. The number of hydrogen-bond donors (Lipinski definition) is 1. The Morgan fingerprint density at radius 3 is 2.33 bits per heavy atom. The van der Waals surface area contributed by atoms with E-state index in [-0.39, 0.29) is 5.02 Å². The van der Waals surface area contributed by atoms with Crippen LogP contribution in [0.4, 0.5) is 4.39 Å². The van der Waals surface area contributed by atoms with E-state index in [0.29, 0.717) is 17.1 Å². The van der Waals surface area contributed by atoms with Crippen LogP contribution in [0.5, 0.6) is 11.5 Å². The Hall–Kier alpha value is -1.30. The summed E-state index contributed by atoms with van der Waals surface area (Å²) in [5.74, 6) is 0.643. The first-order valence-corrected chi connectivity index (χ1v) is 7.27. The molecular formula is C15H14BrClFNO2. The van der Waals surface area contributed by atoms with Crippen LogP contribution in [0.3, 0.4) is 0 Å². The second kappa shape index (κ2) is 6.64. The highest BCUT2D eigenvalue weighted by Crippen LogP contribution is 2.37. The van der Waals surface area contributed by atoms with Gasteiger partial charge in [0, 0.05) is 4.47 Å². The summed E-state index contributed by atoms with van der Waals surface area (Å²) in [6, 6.07) is 7.52. The van der Waals surface area contributed by atoms with Crippen molar-refractivity contribution in [2.45, 2.75) is 6.04 Å². The quantitative estimate of drug-likeness (QED) is 0.867. The van der Waals surface area contributed by atoms with Gasteiger partial charge in [0.25, 0.3) is 0 Å². The van der Waals surface area contributed by atoms with Crippen molar-refractivity contribution < 1.29 is 13.9 Å². The van der Waals surface area contributed by atoms with E-state index in [4.69, 9.17) is 26.8 Å². The number of nitrogens with two attached hydrogens (primary N) is 1. The van der Waals surface area contributed by atoms with Gasteiger partial charge < -0.3 is 15.2 Å². The predicted octanol–water partition coefficient (Wildman–Crippen LogP) is 4.31. The summed E-state index contributed by atoms with van der Waals surface area (Å²) >= 11 is 9.14. The summed E-state index contributed by atoms with van der Waals surface area (Å²) in [7, 11) is 3.10. The van der Waals surface area contributed by atoms with E-state index in [9.17, 15) is 4.39 Å². The van der Waals surface area contributed by atoms with Crippen LogP contribution in [0.2, 0.25) is 5.02 Å². The highest BCUT2D eigenvalue weighted by molar-refractivity contribution is 9.10. The second-order valence-electron chi connectivity index (χ2n) is 4.38. The summed E-state index contributed by atoms with van der Waals surface area (Å²) in [4.78, 5) is 0. The van der Waals surface area contributed by atoms with E-state index in [2.05, 4.69) is 15.9 Å². The van der Waals surface area contributed by atoms with Crippen LogP contribution in [0.15, 0.2) is 34.8 Å². The summed E-state index contributed by atoms with van der Waals surface area (Å²) in [6.45, 7) is 0. The first kappa shape index (κ1) is 16.1. The smallest absolute Gasteiger partial charge is 0.161 e. The molecule has 1 atom stereocenters. The Kier molecular flexibility index (Phi) is 5.08. The highest BCUT2D eigenvalue weighted by atomic mass is 79.9. The van der Waals surface area contributed by atoms with Crippen molar-refractivity contribution in [3.8, 4) is 11.5 Å². The average molecular weight is 375 g/mol. The molecule has 3 nitrogen and oxygen atoms in total. The Morgan fingerprint density at radius 1 is 1.14 bits per heavy atom. The molecule has 0 bridgehead atoms. The lowest BCUT2D eigenvalue weighted by molar-refractivity contribution is 0.354. The standard InChI is InChI=1S/C15H14BrClFNO2/c1-20-13-6-9(10(16)7-14(13)21-2)15(19)8-3-4-11(17)12(18)5-8/h3-7,15H,19H2,1-2H3. The predicted molar refractivity (Wildman–Crippen MR) is 84.7 cm³/mol. The van der Waals surface area contributed by atoms with Crippen molar-refractivity contribution >= 4 is 27.5 Å². The first-order valence-electron chi connectivity index (χ1n) is 6.10. The maximum atomic E-state index is 13.6. The molecular weight excluding hydrogens is 361 g/mol. The molecule has 2 rings (SSSR count). The Balaban J connectivity index is 2.47. The zero-order valence-corrected chi connectivity index (χ0v) is 13.8. The molecule has 2 aromatic rings. The fourth-order valence-corrected chi connectivity index (χ4v) is 2.68. The lowest BCUT2D eigenvalue weighted by Gasteiger charge is -2.17. The fourth-order valence-electron chi connectivity index (χ4n) is 1.99. The van der Waals surface area contributed by atoms with Crippen LogP contribution in [-0.2, 0) is 0 Å². The van der Waals surface area contributed by atoms with Gasteiger partial charge in [0.15, 0.2) is 11.5 Å². The van der Waals surface area contributed by atoms with Gasteiger partial charge in [0.05, 0.1) is 25.3 Å². The normalized spacial score (nSPS) is 12.1. The molecule has 0 fully saturated rings. The third-order valence-corrected chi connectivity index (χ3v) is 4.13. The molecule has 0 heterocycles. The molecule has 112 valence electrons. The SMILES string of the molecule is COc1cc(Br)c(C(N)c2ccc(Cl)c(F)c2)cc1OC. The summed E-state index contributed by atoms with van der Waals surface area (Å²) in [6.07, 6.45) is 0. The summed E-state index contributed by atoms with van der Waals surface area (Å²) in [5.41, 5.74) is 7.59. The minimum absolute atomic E-state index is 0.0670. The van der Waals surface area contributed by atoms with E-state index in [1.165, 1.54) is 12.1 Å². The topological polar surface area (TPSA) is 44.5 Å². The van der Waals surface area contributed by atoms with Crippen LogP contribution in [-0.4, -0.2) is 14.2 Å². The number of hydrogen-bond acceptors (Lipinski definition) is 3. The van der Waals surface area contributed by atoms with Gasteiger partial charge in [-0.05, 0) is 35.4 Å². The van der Waals surface area contributed by atoms with E-state index < -0.39 is 11.9 Å². The maximum Gasteiger partial charge on any atom is 0.161 e. The molecule has 0 aliphatic heterocycles. The molecule has 0 aromatic heterocycles. The minimum atomic E-state index is -0.522. The molecule has 0 saturated heterocycles. The lowest BCUT2D eigenvalue weighted by Crippen LogP contribution is -2.13. The van der Waals surface area contributed by atoms with Crippen LogP contribution in [0.25, 0.3) is 0 Å². The van der Waals surface area contributed by atoms with Gasteiger partial charge in [-0.2, -0.15) is 0 Å². The number of ether oxygens (including phenoxy) is 2. The van der Waals surface area contributed by atoms with Crippen molar-refractivity contribution in [2.75, 3.05) is 14.2 Å². The molecule has 0 aliphatic rings. The number of benzene rings is 2. The molecule has 0 aliphatic carbocycles. The molecule has 1 unspecified atom stereocenters. The minimum Gasteiger partial charge on any atom is -0.493 e. The van der Waals surface area contributed by atoms with Gasteiger partial charge >= 0.3 is 0 Å². The lowest BCUT2D eigenvalue weighted by atomic mass is 9.99. The molecule has 2 N–H and O–H groups in total. The van der Waals surface area contributed by atoms with E-state index >= 15 is 0 Å². The Bertz CT molecular complexity index is 666. The fraction of sp³-hybridized carbons (Fsp3) is 0.200. The molecule has 21 heavy (non-hydrogen) atoms.